The van der Waals surface area contributed by atoms with E-state index in [1.54, 1.807) is 14.0 Å². The van der Waals surface area contributed by atoms with Crippen molar-refractivity contribution >= 4 is 22.7 Å². The molecule has 0 saturated carbocycles. The molecule has 8 heteroatoms. The first-order valence-electron chi connectivity index (χ1n) is 11.5. The molecule has 2 aliphatic rings. The Morgan fingerprint density at radius 3 is 2.72 bits per heavy atom. The van der Waals surface area contributed by atoms with Crippen molar-refractivity contribution in [1.82, 2.24) is 25.8 Å². The van der Waals surface area contributed by atoms with Gasteiger partial charge < -0.3 is 25.8 Å². The van der Waals surface area contributed by atoms with Crippen molar-refractivity contribution in [2.45, 2.75) is 63.7 Å². The molecule has 0 radical (unpaired) electrons. The van der Waals surface area contributed by atoms with Crippen LogP contribution in [0.2, 0.25) is 0 Å². The van der Waals surface area contributed by atoms with Crippen molar-refractivity contribution in [3.63, 3.8) is 0 Å². The third-order valence-electron chi connectivity index (χ3n) is 7.58. The molecule has 4 rings (SSSR count). The highest BCUT2D eigenvalue weighted by atomic mass is 19.1. The lowest BCUT2D eigenvalue weighted by Crippen LogP contribution is -2.60. The van der Waals surface area contributed by atoms with Crippen LogP contribution in [0.5, 0.6) is 0 Å². The van der Waals surface area contributed by atoms with Crippen molar-refractivity contribution in [3.8, 4) is 0 Å². The zero-order valence-electron chi connectivity index (χ0n) is 19.5. The lowest BCUT2D eigenvalue weighted by atomic mass is 9.79. The summed E-state index contributed by atoms with van der Waals surface area (Å²) >= 11 is 0. The molecule has 2 fully saturated rings. The van der Waals surface area contributed by atoms with Gasteiger partial charge in [0.25, 0.3) is 0 Å². The molecular formula is C24H34FN5O2. The average Bonchev–Trinajstić information content (AvgIpc) is 3.41. The Morgan fingerprint density at radius 1 is 1.28 bits per heavy atom. The molecule has 174 valence electrons. The first kappa shape index (κ1) is 22.7. The van der Waals surface area contributed by atoms with E-state index in [-0.39, 0.29) is 41.6 Å². The number of likely N-dealkylation sites (tertiary alicyclic amines) is 1. The molecule has 7 nitrogen and oxygen atoms in total. The van der Waals surface area contributed by atoms with Crippen LogP contribution in [0.4, 0.5) is 4.39 Å². The average molecular weight is 444 g/mol. The Kier molecular flexibility index (Phi) is 6.02. The van der Waals surface area contributed by atoms with E-state index in [4.69, 9.17) is 0 Å². The van der Waals surface area contributed by atoms with E-state index < -0.39 is 11.6 Å². The monoisotopic (exact) mass is 443 g/mol. The van der Waals surface area contributed by atoms with Crippen LogP contribution in [0.3, 0.4) is 0 Å². The van der Waals surface area contributed by atoms with E-state index in [0.717, 1.165) is 29.4 Å². The molecule has 3 heterocycles. The topological polar surface area (TPSA) is 89.3 Å². The number of aromatic nitrogens is 1. The van der Waals surface area contributed by atoms with E-state index in [1.807, 2.05) is 31.0 Å². The quantitative estimate of drug-likeness (QED) is 0.551. The van der Waals surface area contributed by atoms with Crippen LogP contribution in [-0.2, 0) is 9.59 Å². The number of carbonyl (C=O) groups is 2. The zero-order chi connectivity index (χ0) is 23.2. The third kappa shape index (κ3) is 3.59. The first-order valence-corrected chi connectivity index (χ1v) is 11.5. The minimum absolute atomic E-state index is 0.0398. The fraction of sp³-hybridized carbons (Fsp3) is 0.583. The van der Waals surface area contributed by atoms with Gasteiger partial charge in [-0.1, -0.05) is 13.8 Å². The summed E-state index contributed by atoms with van der Waals surface area (Å²) in [5.74, 6) is -0.482. The van der Waals surface area contributed by atoms with Gasteiger partial charge >= 0.3 is 0 Å². The number of likely N-dealkylation sites (N-methyl/N-ethyl adjacent to an activating group) is 1. The fourth-order valence-electron chi connectivity index (χ4n) is 5.46. The molecule has 32 heavy (non-hydrogen) atoms. The smallest absolute Gasteiger partial charge is 0.245 e. The molecule has 2 aliphatic heterocycles. The van der Waals surface area contributed by atoms with E-state index in [9.17, 15) is 14.0 Å². The van der Waals surface area contributed by atoms with Crippen molar-refractivity contribution in [2.75, 3.05) is 20.1 Å². The number of rotatable bonds is 6. The van der Waals surface area contributed by atoms with E-state index in [2.05, 4.69) is 27.9 Å². The first-order chi connectivity index (χ1) is 15.2. The molecule has 1 unspecified atom stereocenters. The van der Waals surface area contributed by atoms with Crippen LogP contribution in [0, 0.1) is 11.7 Å². The predicted molar refractivity (Wildman–Crippen MR) is 123 cm³/mol. The van der Waals surface area contributed by atoms with E-state index in [0.29, 0.717) is 6.54 Å². The second-order valence-corrected chi connectivity index (χ2v) is 9.69. The van der Waals surface area contributed by atoms with Crippen LogP contribution in [-0.4, -0.2) is 65.5 Å². The summed E-state index contributed by atoms with van der Waals surface area (Å²) in [7, 11) is 1.73. The molecule has 2 saturated heterocycles. The number of hydrogen-bond donors (Lipinski definition) is 4. The van der Waals surface area contributed by atoms with Gasteiger partial charge in [-0.25, -0.2) is 4.39 Å². The highest BCUT2D eigenvalue weighted by Crippen LogP contribution is 2.47. The lowest BCUT2D eigenvalue weighted by Gasteiger charge is -2.42. The van der Waals surface area contributed by atoms with E-state index >= 15 is 0 Å². The number of benzene rings is 1. The van der Waals surface area contributed by atoms with Crippen LogP contribution >= 0.6 is 0 Å². The number of halogens is 1. The molecule has 0 spiro atoms. The molecule has 1 aromatic heterocycles. The van der Waals surface area contributed by atoms with Gasteiger partial charge in [-0.05, 0) is 57.0 Å². The number of carbonyl (C=O) groups excluding carboxylic acids is 2. The van der Waals surface area contributed by atoms with Crippen molar-refractivity contribution in [2.24, 2.45) is 5.92 Å². The summed E-state index contributed by atoms with van der Waals surface area (Å²) in [6, 6.07) is 4.00. The Labute approximate surface area is 188 Å². The van der Waals surface area contributed by atoms with Crippen LogP contribution in [0.15, 0.2) is 24.4 Å². The summed E-state index contributed by atoms with van der Waals surface area (Å²) in [5, 5.41) is 10.5. The maximum atomic E-state index is 13.8. The highest BCUT2D eigenvalue weighted by molar-refractivity contribution is 5.91. The summed E-state index contributed by atoms with van der Waals surface area (Å²) in [4.78, 5) is 31.5. The molecular weight excluding hydrogens is 409 g/mol. The van der Waals surface area contributed by atoms with Gasteiger partial charge in [0.2, 0.25) is 11.8 Å². The van der Waals surface area contributed by atoms with Gasteiger partial charge in [0, 0.05) is 42.1 Å². The number of aromatic amines is 1. The molecule has 0 bridgehead atoms. The Hall–Kier alpha value is -2.45. The SMILES string of the molecule is CN[C@@H](C)C(=O)NC(C(=O)N1CC[C@H]2NC[C@H](c3c[nH]c4cc(F)ccc34)[C@]21C)C(C)C. The Bertz CT molecular complexity index is 1020. The number of amides is 2. The Morgan fingerprint density at radius 2 is 2.03 bits per heavy atom. The number of H-pyrrole nitrogens is 1. The van der Waals surface area contributed by atoms with Gasteiger partial charge in [-0.2, -0.15) is 0 Å². The standard InChI is InChI=1S/C24H34FN5O2/c1-13(2)21(29-22(31)14(3)26-5)23(32)30-9-8-20-24(30,4)18(12-28-20)17-11-27-19-10-15(25)6-7-16(17)19/h6-7,10-11,13-14,18,20-21,26-28H,8-9,12H2,1-5H3,(H,29,31)/t14-,18+,20+,21?,24+/m0/s1. The zero-order valence-corrected chi connectivity index (χ0v) is 19.5. The lowest BCUT2D eigenvalue weighted by molar-refractivity contribution is -0.141. The summed E-state index contributed by atoms with van der Waals surface area (Å²) in [6.07, 6.45) is 2.81. The van der Waals surface area contributed by atoms with Crippen molar-refractivity contribution in [3.05, 3.63) is 35.8 Å². The van der Waals surface area contributed by atoms with Crippen molar-refractivity contribution < 1.29 is 14.0 Å². The molecule has 0 aliphatic carbocycles. The number of hydrogen-bond acceptors (Lipinski definition) is 4. The Balaban J connectivity index is 1.66. The molecule has 1 aromatic carbocycles. The predicted octanol–water partition coefficient (Wildman–Crippen LogP) is 2.10. The second-order valence-electron chi connectivity index (χ2n) is 9.69. The van der Waals surface area contributed by atoms with Crippen LogP contribution in [0.25, 0.3) is 10.9 Å². The molecule has 2 aromatic rings. The minimum Gasteiger partial charge on any atom is -0.361 e. The maximum absolute atomic E-state index is 13.8. The normalized spacial score (nSPS) is 27.0. The summed E-state index contributed by atoms with van der Waals surface area (Å²) in [6.45, 7) is 9.22. The van der Waals surface area contributed by atoms with Gasteiger partial charge in [-0.15, -0.1) is 0 Å². The van der Waals surface area contributed by atoms with Gasteiger partial charge in [-0.3, -0.25) is 9.59 Å². The number of nitrogens with one attached hydrogen (secondary N) is 4. The fourth-order valence-corrected chi connectivity index (χ4v) is 5.46. The number of nitrogens with zero attached hydrogens (tertiary/aromatic N) is 1. The summed E-state index contributed by atoms with van der Waals surface area (Å²) in [5.41, 5.74) is 1.41. The van der Waals surface area contributed by atoms with Crippen molar-refractivity contribution in [1.29, 1.82) is 0 Å². The second kappa shape index (κ2) is 8.48. The largest absolute Gasteiger partial charge is 0.361 e. The number of fused-ring (bicyclic) bond motifs is 2. The molecule has 2 amide bonds. The van der Waals surface area contributed by atoms with Crippen LogP contribution < -0.4 is 16.0 Å². The summed E-state index contributed by atoms with van der Waals surface area (Å²) < 4.78 is 13.7. The molecule has 5 atom stereocenters. The third-order valence-corrected chi connectivity index (χ3v) is 7.58. The minimum atomic E-state index is -0.591. The van der Waals surface area contributed by atoms with Gasteiger partial charge in [0.1, 0.15) is 11.9 Å². The molecule has 4 N–H and O–H groups in total. The highest BCUT2D eigenvalue weighted by Gasteiger charge is 2.57. The van der Waals surface area contributed by atoms with Crippen LogP contribution in [0.1, 0.15) is 45.6 Å². The van der Waals surface area contributed by atoms with E-state index in [1.165, 1.54) is 12.1 Å². The maximum Gasteiger partial charge on any atom is 0.245 e. The van der Waals surface area contributed by atoms with Gasteiger partial charge in [0.15, 0.2) is 0 Å². The van der Waals surface area contributed by atoms with Gasteiger partial charge in [0.05, 0.1) is 11.6 Å².